The summed E-state index contributed by atoms with van der Waals surface area (Å²) in [6.45, 7) is 3.51. The van der Waals surface area contributed by atoms with E-state index in [9.17, 15) is 4.79 Å². The number of rotatable bonds is 8. The molecule has 0 bridgehead atoms. The zero-order valence-corrected chi connectivity index (χ0v) is 11.7. The Morgan fingerprint density at radius 3 is 2.53 bits per heavy atom. The van der Waals surface area contributed by atoms with Crippen molar-refractivity contribution in [2.75, 3.05) is 33.9 Å². The third kappa shape index (κ3) is 5.72. The van der Waals surface area contributed by atoms with E-state index in [1.54, 1.807) is 14.2 Å². The van der Waals surface area contributed by atoms with Gasteiger partial charge in [-0.1, -0.05) is 12.1 Å². The van der Waals surface area contributed by atoms with Crippen molar-refractivity contribution in [3.63, 3.8) is 0 Å². The molecular weight excluding hydrogens is 244 g/mol. The maximum atomic E-state index is 11.7. The molecule has 0 radical (unpaired) electrons. The largest absolute Gasteiger partial charge is 0.497 e. The lowest BCUT2D eigenvalue weighted by Crippen LogP contribution is -2.36. The molecule has 0 fully saturated rings. The molecule has 1 amide bonds. The minimum Gasteiger partial charge on any atom is -0.497 e. The summed E-state index contributed by atoms with van der Waals surface area (Å²) in [4.78, 5) is 11.7. The number of amides is 1. The van der Waals surface area contributed by atoms with E-state index in [1.807, 2.05) is 31.2 Å². The SMILES string of the molecule is COCCNCC(=O)N[C@H](C)c1ccc(OC)cc1. The van der Waals surface area contributed by atoms with Crippen LogP contribution >= 0.6 is 0 Å². The van der Waals surface area contributed by atoms with Crippen molar-refractivity contribution in [2.24, 2.45) is 0 Å². The van der Waals surface area contributed by atoms with Gasteiger partial charge in [0.05, 0.1) is 26.3 Å². The van der Waals surface area contributed by atoms with Gasteiger partial charge in [-0.15, -0.1) is 0 Å². The van der Waals surface area contributed by atoms with Gasteiger partial charge in [-0.2, -0.15) is 0 Å². The molecule has 0 aromatic heterocycles. The van der Waals surface area contributed by atoms with E-state index in [0.717, 1.165) is 11.3 Å². The number of hydrogen-bond acceptors (Lipinski definition) is 4. The van der Waals surface area contributed by atoms with E-state index >= 15 is 0 Å². The van der Waals surface area contributed by atoms with Gasteiger partial charge in [0.1, 0.15) is 5.75 Å². The van der Waals surface area contributed by atoms with Gasteiger partial charge in [0.15, 0.2) is 0 Å². The highest BCUT2D eigenvalue weighted by atomic mass is 16.5. The number of methoxy groups -OCH3 is 2. The van der Waals surface area contributed by atoms with Crippen molar-refractivity contribution in [2.45, 2.75) is 13.0 Å². The lowest BCUT2D eigenvalue weighted by molar-refractivity contribution is -0.120. The molecule has 106 valence electrons. The van der Waals surface area contributed by atoms with Crippen molar-refractivity contribution in [3.05, 3.63) is 29.8 Å². The Labute approximate surface area is 114 Å². The van der Waals surface area contributed by atoms with Crippen molar-refractivity contribution in [3.8, 4) is 5.75 Å². The molecule has 0 saturated heterocycles. The second kappa shape index (κ2) is 8.50. The zero-order valence-electron chi connectivity index (χ0n) is 11.7. The molecule has 5 nitrogen and oxygen atoms in total. The molecule has 1 rings (SSSR count). The van der Waals surface area contributed by atoms with E-state index < -0.39 is 0 Å². The number of hydrogen-bond donors (Lipinski definition) is 2. The van der Waals surface area contributed by atoms with E-state index in [-0.39, 0.29) is 11.9 Å². The Kier molecular flexibility index (Phi) is 6.92. The predicted octanol–water partition coefficient (Wildman–Crippen LogP) is 1.11. The first kappa shape index (κ1) is 15.5. The van der Waals surface area contributed by atoms with Crippen LogP contribution in [-0.2, 0) is 9.53 Å². The first-order chi connectivity index (χ1) is 9.17. The maximum absolute atomic E-state index is 11.7. The van der Waals surface area contributed by atoms with Crippen LogP contribution in [0.15, 0.2) is 24.3 Å². The van der Waals surface area contributed by atoms with Gasteiger partial charge in [-0.3, -0.25) is 4.79 Å². The topological polar surface area (TPSA) is 59.6 Å². The summed E-state index contributed by atoms with van der Waals surface area (Å²) >= 11 is 0. The lowest BCUT2D eigenvalue weighted by atomic mass is 10.1. The summed E-state index contributed by atoms with van der Waals surface area (Å²) in [6.07, 6.45) is 0. The van der Waals surface area contributed by atoms with Crippen LogP contribution in [0.2, 0.25) is 0 Å². The Bertz CT molecular complexity index is 379. The Morgan fingerprint density at radius 2 is 1.95 bits per heavy atom. The predicted molar refractivity (Wildman–Crippen MR) is 74.3 cm³/mol. The van der Waals surface area contributed by atoms with Crippen molar-refractivity contribution in [1.29, 1.82) is 0 Å². The molecule has 1 aromatic carbocycles. The fourth-order valence-corrected chi connectivity index (χ4v) is 1.64. The average Bonchev–Trinajstić information content (AvgIpc) is 2.43. The first-order valence-electron chi connectivity index (χ1n) is 6.30. The lowest BCUT2D eigenvalue weighted by Gasteiger charge is -2.15. The summed E-state index contributed by atoms with van der Waals surface area (Å²) in [6, 6.07) is 7.64. The Morgan fingerprint density at radius 1 is 1.26 bits per heavy atom. The van der Waals surface area contributed by atoms with Gasteiger partial charge in [0.2, 0.25) is 5.91 Å². The van der Waals surface area contributed by atoms with Crippen LogP contribution in [0.5, 0.6) is 5.75 Å². The van der Waals surface area contributed by atoms with Crippen LogP contribution in [0.4, 0.5) is 0 Å². The molecule has 19 heavy (non-hydrogen) atoms. The maximum Gasteiger partial charge on any atom is 0.234 e. The van der Waals surface area contributed by atoms with Crippen LogP contribution in [-0.4, -0.2) is 39.8 Å². The normalized spacial score (nSPS) is 11.9. The standard InChI is InChI=1S/C14H22N2O3/c1-11(12-4-6-13(19-3)7-5-12)16-14(17)10-15-8-9-18-2/h4-7,11,15H,8-10H2,1-3H3,(H,16,17)/t11-/m1/s1. The van der Waals surface area contributed by atoms with Crippen molar-refractivity contribution < 1.29 is 14.3 Å². The Hall–Kier alpha value is -1.59. The summed E-state index contributed by atoms with van der Waals surface area (Å²) in [5.41, 5.74) is 1.05. The molecule has 1 aromatic rings. The number of carbonyl (C=O) groups excluding carboxylic acids is 1. The monoisotopic (exact) mass is 266 g/mol. The average molecular weight is 266 g/mol. The number of ether oxygens (including phenoxy) is 2. The zero-order chi connectivity index (χ0) is 14.1. The summed E-state index contributed by atoms with van der Waals surface area (Å²) in [7, 11) is 3.26. The molecule has 1 atom stereocenters. The van der Waals surface area contributed by atoms with Crippen LogP contribution < -0.4 is 15.4 Å². The van der Waals surface area contributed by atoms with Gasteiger partial charge in [-0.05, 0) is 24.6 Å². The second-order valence-electron chi connectivity index (χ2n) is 4.23. The molecule has 2 N–H and O–H groups in total. The third-order valence-electron chi connectivity index (χ3n) is 2.76. The highest BCUT2D eigenvalue weighted by molar-refractivity contribution is 5.78. The minimum absolute atomic E-state index is 0.0253. The van der Waals surface area contributed by atoms with E-state index in [0.29, 0.717) is 19.7 Å². The highest BCUT2D eigenvalue weighted by Crippen LogP contribution is 2.16. The summed E-state index contributed by atoms with van der Waals surface area (Å²) in [5.74, 6) is 0.780. The number of nitrogens with one attached hydrogen (secondary N) is 2. The van der Waals surface area contributed by atoms with Crippen molar-refractivity contribution >= 4 is 5.91 Å². The van der Waals surface area contributed by atoms with Gasteiger partial charge >= 0.3 is 0 Å². The van der Waals surface area contributed by atoms with E-state index in [2.05, 4.69) is 10.6 Å². The highest BCUT2D eigenvalue weighted by Gasteiger charge is 2.09. The fraction of sp³-hybridized carbons (Fsp3) is 0.500. The number of carbonyl (C=O) groups is 1. The Balaban J connectivity index is 2.36. The molecule has 0 saturated carbocycles. The summed E-state index contributed by atoms with van der Waals surface area (Å²) < 4.78 is 9.99. The van der Waals surface area contributed by atoms with Gasteiger partial charge in [0.25, 0.3) is 0 Å². The molecule has 0 spiro atoms. The quantitative estimate of drug-likeness (QED) is 0.692. The molecule has 0 heterocycles. The molecular formula is C14H22N2O3. The second-order valence-corrected chi connectivity index (χ2v) is 4.23. The molecule has 5 heteroatoms. The number of benzene rings is 1. The van der Waals surface area contributed by atoms with Crippen molar-refractivity contribution in [1.82, 2.24) is 10.6 Å². The fourth-order valence-electron chi connectivity index (χ4n) is 1.64. The van der Waals surface area contributed by atoms with E-state index in [4.69, 9.17) is 9.47 Å². The van der Waals surface area contributed by atoms with Crippen LogP contribution in [0.1, 0.15) is 18.5 Å². The molecule has 0 unspecified atom stereocenters. The smallest absolute Gasteiger partial charge is 0.234 e. The van der Waals surface area contributed by atoms with Gasteiger partial charge < -0.3 is 20.1 Å². The summed E-state index contributed by atoms with van der Waals surface area (Å²) in [5, 5.41) is 5.93. The third-order valence-corrected chi connectivity index (χ3v) is 2.76. The molecule has 0 aliphatic heterocycles. The van der Waals surface area contributed by atoms with E-state index in [1.165, 1.54) is 0 Å². The van der Waals surface area contributed by atoms with Crippen LogP contribution in [0.3, 0.4) is 0 Å². The first-order valence-corrected chi connectivity index (χ1v) is 6.30. The minimum atomic E-state index is -0.0283. The van der Waals surface area contributed by atoms with Crippen LogP contribution in [0.25, 0.3) is 0 Å². The van der Waals surface area contributed by atoms with Crippen LogP contribution in [0, 0.1) is 0 Å². The van der Waals surface area contributed by atoms with Gasteiger partial charge in [-0.25, -0.2) is 0 Å². The molecule has 0 aliphatic carbocycles. The van der Waals surface area contributed by atoms with Gasteiger partial charge in [0, 0.05) is 13.7 Å². The molecule has 0 aliphatic rings.